The van der Waals surface area contributed by atoms with Gasteiger partial charge in [-0.3, -0.25) is 4.79 Å². The van der Waals surface area contributed by atoms with E-state index < -0.39 is 33.2 Å². The highest BCUT2D eigenvalue weighted by Gasteiger charge is 2.17. The van der Waals surface area contributed by atoms with Gasteiger partial charge in [-0.25, -0.2) is 13.2 Å². The number of nitrogens with one attached hydrogen (secondary N) is 1. The monoisotopic (exact) mass is 363 g/mol. The van der Waals surface area contributed by atoms with E-state index in [1.807, 2.05) is 0 Å². The van der Waals surface area contributed by atoms with Crippen LogP contribution >= 0.6 is 0 Å². The first-order chi connectivity index (χ1) is 11.7. The predicted molar refractivity (Wildman–Crippen MR) is 93.8 cm³/mol. The highest BCUT2D eigenvalue weighted by atomic mass is 32.2. The number of rotatable bonds is 7. The molecule has 0 fully saturated rings. The quantitative estimate of drug-likeness (QED) is 0.503. The molecule has 0 saturated heterocycles. The van der Waals surface area contributed by atoms with Crippen LogP contribution in [0, 0.1) is 12.3 Å². The Balaban J connectivity index is 2.75. The Bertz CT molecular complexity index is 875. The zero-order valence-electron chi connectivity index (χ0n) is 13.4. The lowest BCUT2D eigenvalue weighted by Crippen LogP contribution is -2.18. The summed E-state index contributed by atoms with van der Waals surface area (Å²) in [5, 5.41) is 20.8. The number of carboxylic acid groups (broad SMARTS) is 1. The average molecular weight is 363 g/mol. The average Bonchev–Trinajstić information content (AvgIpc) is 2.53. The second kappa shape index (κ2) is 8.70. The van der Waals surface area contributed by atoms with Crippen LogP contribution < -0.4 is 5.32 Å². The van der Waals surface area contributed by atoms with Gasteiger partial charge in [-0.1, -0.05) is 12.0 Å². The second-order valence-electron chi connectivity index (χ2n) is 4.85. The lowest BCUT2D eigenvalue weighted by atomic mass is 10.2. The van der Waals surface area contributed by atoms with Crippen molar-refractivity contribution in [2.45, 2.75) is 13.3 Å². The maximum atomic E-state index is 12.1. The fourth-order valence-corrected chi connectivity index (χ4v) is 3.19. The van der Waals surface area contributed by atoms with Crippen LogP contribution in [0.5, 0.6) is 5.75 Å². The summed E-state index contributed by atoms with van der Waals surface area (Å²) in [7, 11) is -3.67. The molecule has 1 rings (SSSR count). The van der Waals surface area contributed by atoms with E-state index in [2.05, 4.69) is 11.2 Å². The van der Waals surface area contributed by atoms with Gasteiger partial charge in [0, 0.05) is 18.2 Å². The molecule has 0 radical (unpaired) electrons. The number of anilines is 1. The molecule has 0 spiro atoms. The van der Waals surface area contributed by atoms with E-state index in [-0.39, 0.29) is 22.6 Å². The number of allylic oxidation sites excluding steroid dienone is 3. The number of terminal acetylenes is 1. The summed E-state index contributed by atoms with van der Waals surface area (Å²) in [6.07, 6.45) is 8.63. The Morgan fingerprint density at radius 1 is 1.36 bits per heavy atom. The number of phenols is 1. The third-order valence-corrected chi connectivity index (χ3v) is 4.93. The summed E-state index contributed by atoms with van der Waals surface area (Å²) in [4.78, 5) is 22.7. The molecular formula is C17H17NO6S. The summed E-state index contributed by atoms with van der Waals surface area (Å²) in [5.74, 6) is -0.641. The minimum atomic E-state index is -3.67. The van der Waals surface area contributed by atoms with Crippen LogP contribution in [0.4, 0.5) is 5.69 Å². The van der Waals surface area contributed by atoms with E-state index in [1.165, 1.54) is 24.3 Å². The molecule has 25 heavy (non-hydrogen) atoms. The highest BCUT2D eigenvalue weighted by molar-refractivity contribution is 7.95. The van der Waals surface area contributed by atoms with Gasteiger partial charge in [-0.2, -0.15) is 0 Å². The molecular weight excluding hydrogens is 346 g/mol. The molecule has 0 saturated carbocycles. The Hall–Kier alpha value is -3.05. The highest BCUT2D eigenvalue weighted by Crippen LogP contribution is 2.22. The maximum absolute atomic E-state index is 12.1. The van der Waals surface area contributed by atoms with Crippen LogP contribution in [-0.2, 0) is 14.6 Å². The van der Waals surface area contributed by atoms with Crippen molar-refractivity contribution in [3.8, 4) is 18.1 Å². The van der Waals surface area contributed by atoms with Crippen LogP contribution in [-0.4, -0.2) is 36.3 Å². The molecule has 132 valence electrons. The number of hydrogen-bond donors (Lipinski definition) is 3. The summed E-state index contributed by atoms with van der Waals surface area (Å²) >= 11 is 0. The number of carboxylic acids is 1. The van der Waals surface area contributed by atoms with E-state index in [9.17, 15) is 23.1 Å². The topological polar surface area (TPSA) is 121 Å². The van der Waals surface area contributed by atoms with Crippen LogP contribution in [0.2, 0.25) is 0 Å². The van der Waals surface area contributed by atoms with Gasteiger partial charge in [0.25, 0.3) is 0 Å². The third kappa shape index (κ3) is 5.82. The fraction of sp³-hybridized carbons (Fsp3) is 0.176. The third-order valence-electron chi connectivity index (χ3n) is 3.10. The molecule has 0 aliphatic carbocycles. The van der Waals surface area contributed by atoms with Gasteiger partial charge >= 0.3 is 5.97 Å². The number of amides is 1. The van der Waals surface area contributed by atoms with Gasteiger partial charge in [0.1, 0.15) is 11.3 Å². The molecule has 0 atom stereocenters. The molecule has 3 N–H and O–H groups in total. The number of aromatic carboxylic acids is 1. The standard InChI is InChI=1S/C17H17NO6S/c1-3-5-6-13(4-2)25(23,24)10-9-16(20)18-12-7-8-14(17(21)22)15(19)11-12/h1,4-8,11,19H,9-10H2,2H3,(H,18,20)(H,21,22)/b6-5-,13-4+. The number of sulfone groups is 1. The minimum Gasteiger partial charge on any atom is -0.507 e. The summed E-state index contributed by atoms with van der Waals surface area (Å²) < 4.78 is 24.2. The molecule has 0 unspecified atom stereocenters. The first-order valence-corrected chi connectivity index (χ1v) is 8.74. The van der Waals surface area contributed by atoms with Crippen LogP contribution in [0.25, 0.3) is 0 Å². The lowest BCUT2D eigenvalue weighted by Gasteiger charge is -2.08. The number of benzene rings is 1. The zero-order chi connectivity index (χ0) is 19.0. The van der Waals surface area contributed by atoms with Gasteiger partial charge in [0.15, 0.2) is 9.84 Å². The zero-order valence-corrected chi connectivity index (χ0v) is 14.2. The molecule has 1 amide bonds. The predicted octanol–water partition coefficient (Wildman–Crippen LogP) is 1.93. The fourth-order valence-electron chi connectivity index (χ4n) is 1.87. The smallest absolute Gasteiger partial charge is 0.339 e. The molecule has 1 aromatic carbocycles. The van der Waals surface area contributed by atoms with Gasteiger partial charge < -0.3 is 15.5 Å². The van der Waals surface area contributed by atoms with Gasteiger partial charge in [0.2, 0.25) is 5.91 Å². The molecule has 1 aromatic rings. The van der Waals surface area contributed by atoms with Crippen molar-refractivity contribution in [3.63, 3.8) is 0 Å². The van der Waals surface area contributed by atoms with E-state index in [0.717, 1.165) is 12.1 Å². The van der Waals surface area contributed by atoms with E-state index in [0.29, 0.717) is 0 Å². The molecule has 0 heterocycles. The first-order valence-electron chi connectivity index (χ1n) is 7.09. The Labute approximate surface area is 145 Å². The van der Waals surface area contributed by atoms with Crippen molar-refractivity contribution in [3.05, 3.63) is 46.9 Å². The minimum absolute atomic E-state index is 0.0155. The maximum Gasteiger partial charge on any atom is 0.339 e. The molecule has 0 aromatic heterocycles. The summed E-state index contributed by atoms with van der Waals surface area (Å²) in [5.41, 5.74) is -0.151. The van der Waals surface area contributed by atoms with E-state index >= 15 is 0 Å². The van der Waals surface area contributed by atoms with Crippen molar-refractivity contribution >= 4 is 27.4 Å². The SMILES string of the molecule is C#C/C=C\C(=C/C)S(=O)(=O)CCC(=O)Nc1ccc(C(=O)O)c(O)c1. The Morgan fingerprint density at radius 3 is 2.56 bits per heavy atom. The van der Waals surface area contributed by atoms with Gasteiger partial charge in [-0.05, 0) is 31.2 Å². The van der Waals surface area contributed by atoms with Crippen molar-refractivity contribution in [1.82, 2.24) is 0 Å². The van der Waals surface area contributed by atoms with Crippen LogP contribution in [0.3, 0.4) is 0 Å². The van der Waals surface area contributed by atoms with E-state index in [4.69, 9.17) is 11.5 Å². The molecule has 7 nitrogen and oxygen atoms in total. The van der Waals surface area contributed by atoms with Crippen molar-refractivity contribution in [2.75, 3.05) is 11.1 Å². The molecule has 8 heteroatoms. The Morgan fingerprint density at radius 2 is 2.04 bits per heavy atom. The number of carbonyl (C=O) groups is 2. The van der Waals surface area contributed by atoms with E-state index in [1.54, 1.807) is 6.92 Å². The normalized spacial score (nSPS) is 11.9. The van der Waals surface area contributed by atoms with Crippen molar-refractivity contribution in [2.24, 2.45) is 0 Å². The molecule has 0 aliphatic heterocycles. The largest absolute Gasteiger partial charge is 0.507 e. The summed E-state index contributed by atoms with van der Waals surface area (Å²) in [6.45, 7) is 1.54. The van der Waals surface area contributed by atoms with Crippen molar-refractivity contribution in [1.29, 1.82) is 0 Å². The second-order valence-corrected chi connectivity index (χ2v) is 6.95. The Kier molecular flexibility index (Phi) is 6.96. The van der Waals surface area contributed by atoms with Gasteiger partial charge in [-0.15, -0.1) is 6.42 Å². The molecule has 0 aliphatic rings. The number of hydrogen-bond acceptors (Lipinski definition) is 5. The van der Waals surface area contributed by atoms with Crippen LogP contribution in [0.1, 0.15) is 23.7 Å². The van der Waals surface area contributed by atoms with Gasteiger partial charge in [0.05, 0.1) is 10.7 Å². The number of aromatic hydroxyl groups is 1. The van der Waals surface area contributed by atoms with Crippen molar-refractivity contribution < 1.29 is 28.2 Å². The van der Waals surface area contributed by atoms with Crippen LogP contribution in [0.15, 0.2) is 41.3 Å². The number of carbonyl (C=O) groups excluding carboxylic acids is 1. The lowest BCUT2D eigenvalue weighted by molar-refractivity contribution is -0.115. The molecule has 0 bridgehead atoms. The first kappa shape index (κ1) is 20.0. The summed E-state index contributed by atoms with van der Waals surface area (Å²) in [6, 6.07) is 3.50.